The van der Waals surface area contributed by atoms with Crippen molar-refractivity contribution in [3.8, 4) is 11.1 Å². The summed E-state index contributed by atoms with van der Waals surface area (Å²) < 4.78 is 78.9. The number of aryl methyl sites for hydroxylation is 1. The van der Waals surface area contributed by atoms with Gasteiger partial charge in [-0.1, -0.05) is 62.6 Å². The second kappa shape index (κ2) is 13.0. The largest absolute Gasteiger partial charge is 0.388 e. The van der Waals surface area contributed by atoms with Crippen LogP contribution in [0.5, 0.6) is 0 Å². The van der Waals surface area contributed by atoms with E-state index in [0.29, 0.717) is 49.3 Å². The number of ether oxygens (including phenoxy) is 1. The van der Waals surface area contributed by atoms with Crippen LogP contribution < -0.4 is 0 Å². The third-order valence-corrected chi connectivity index (χ3v) is 8.85. The van der Waals surface area contributed by atoms with Crippen molar-refractivity contribution in [2.24, 2.45) is 5.92 Å². The molecule has 1 saturated heterocycles. The van der Waals surface area contributed by atoms with Gasteiger partial charge in [-0.2, -0.15) is 0 Å². The molecule has 2 nitrogen and oxygen atoms in total. The molecule has 1 heterocycles. The van der Waals surface area contributed by atoms with Crippen LogP contribution in [0.2, 0.25) is 0 Å². The number of hydrogen-bond donors (Lipinski definition) is 1. The molecule has 0 radical (unpaired) electrons. The summed E-state index contributed by atoms with van der Waals surface area (Å²) in [7, 11) is 0. The van der Waals surface area contributed by atoms with Crippen LogP contribution in [0, 0.1) is 35.0 Å². The normalized spacial score (nSPS) is 21.2. The lowest BCUT2D eigenvalue weighted by Crippen LogP contribution is -2.16. The smallest absolute Gasteiger partial charge is 0.167 e. The fraction of sp³-hybridized carbons (Fsp3) is 0.471. The van der Waals surface area contributed by atoms with Crippen LogP contribution in [0.25, 0.3) is 11.1 Å². The number of unbranched alkanes of at least 4 members (excludes halogenated alkanes) is 2. The monoisotopic (exact) mass is 572 g/mol. The summed E-state index contributed by atoms with van der Waals surface area (Å²) in [6, 6.07) is 10.6. The van der Waals surface area contributed by atoms with E-state index in [2.05, 4.69) is 0 Å². The van der Waals surface area contributed by atoms with Crippen LogP contribution in [-0.4, -0.2) is 11.7 Å². The van der Waals surface area contributed by atoms with E-state index in [-0.39, 0.29) is 28.2 Å². The Morgan fingerprint density at radius 3 is 2.22 bits per heavy atom. The first-order chi connectivity index (χ1) is 19.8. The molecule has 220 valence electrons. The van der Waals surface area contributed by atoms with Crippen molar-refractivity contribution >= 4 is 0 Å². The van der Waals surface area contributed by atoms with Gasteiger partial charge in [0.2, 0.25) is 0 Å². The molecule has 1 aliphatic heterocycles. The number of benzene rings is 3. The van der Waals surface area contributed by atoms with Crippen molar-refractivity contribution in [2.75, 3.05) is 6.61 Å². The van der Waals surface area contributed by atoms with Crippen molar-refractivity contribution < 1.29 is 31.8 Å². The first kappa shape index (κ1) is 29.7. The summed E-state index contributed by atoms with van der Waals surface area (Å²) in [6.45, 7) is 2.42. The van der Waals surface area contributed by atoms with Gasteiger partial charge in [-0.15, -0.1) is 0 Å². The van der Waals surface area contributed by atoms with E-state index >= 15 is 0 Å². The number of epoxide rings is 1. The molecule has 7 heteroatoms. The molecule has 1 saturated carbocycles. The molecule has 2 atom stereocenters. The highest BCUT2D eigenvalue weighted by Gasteiger charge is 2.31. The summed E-state index contributed by atoms with van der Waals surface area (Å²) >= 11 is 0. The Balaban J connectivity index is 1.16. The number of aliphatic hydroxyl groups is 1. The number of hydrogen-bond acceptors (Lipinski definition) is 2. The Morgan fingerprint density at radius 1 is 0.829 bits per heavy atom. The molecule has 3 aromatic carbocycles. The first-order valence-electron chi connectivity index (χ1n) is 14.8. The third kappa shape index (κ3) is 6.67. The summed E-state index contributed by atoms with van der Waals surface area (Å²) in [4.78, 5) is 0. The molecule has 1 aliphatic carbocycles. The van der Waals surface area contributed by atoms with E-state index in [9.17, 15) is 27.1 Å². The van der Waals surface area contributed by atoms with Gasteiger partial charge >= 0.3 is 0 Å². The second-order valence-electron chi connectivity index (χ2n) is 11.6. The standard InChI is InChI=1S/C34H37F5O2/c1-2-3-4-5-29(40)26-16-14-24(31(36)33(26)38)21-9-6-20(7-10-21)8-11-22-12-13-23(18-28(22)35)25-15-17-27(30-19-41-30)34(39)32(25)37/h12-18,20-21,29-30,40H,2-11,19H2,1H3. The molecule has 0 amide bonds. The van der Waals surface area contributed by atoms with Gasteiger partial charge in [0.05, 0.1) is 12.7 Å². The first-order valence-corrected chi connectivity index (χ1v) is 14.8. The Labute approximate surface area is 238 Å². The van der Waals surface area contributed by atoms with Crippen LogP contribution in [0.1, 0.15) is 105 Å². The molecule has 2 aliphatic rings. The van der Waals surface area contributed by atoms with Crippen molar-refractivity contribution in [1.29, 1.82) is 0 Å². The van der Waals surface area contributed by atoms with Crippen LogP contribution >= 0.6 is 0 Å². The lowest BCUT2D eigenvalue weighted by molar-refractivity contribution is 0.157. The minimum atomic E-state index is -1.00. The van der Waals surface area contributed by atoms with Crippen LogP contribution in [0.4, 0.5) is 22.0 Å². The Bertz CT molecular complexity index is 1360. The molecule has 2 fully saturated rings. The Kier molecular flexibility index (Phi) is 9.45. The Hall–Kier alpha value is -2.77. The van der Waals surface area contributed by atoms with Gasteiger partial charge in [-0.05, 0) is 79.5 Å². The fourth-order valence-electron chi connectivity index (χ4n) is 6.20. The molecular weight excluding hydrogens is 535 g/mol. The highest BCUT2D eigenvalue weighted by atomic mass is 19.2. The second-order valence-corrected chi connectivity index (χ2v) is 11.6. The summed E-state index contributed by atoms with van der Waals surface area (Å²) in [5.74, 6) is -3.96. The van der Waals surface area contributed by atoms with Gasteiger partial charge < -0.3 is 9.84 Å². The van der Waals surface area contributed by atoms with Gasteiger partial charge in [-0.3, -0.25) is 0 Å². The maximum atomic E-state index is 15.0. The van der Waals surface area contributed by atoms with Gasteiger partial charge in [0.15, 0.2) is 23.3 Å². The summed E-state index contributed by atoms with van der Waals surface area (Å²) in [6.07, 6.45) is 6.04. The van der Waals surface area contributed by atoms with E-state index in [4.69, 9.17) is 4.74 Å². The zero-order valence-electron chi connectivity index (χ0n) is 23.4. The zero-order valence-corrected chi connectivity index (χ0v) is 23.4. The van der Waals surface area contributed by atoms with Crippen molar-refractivity contribution in [1.82, 2.24) is 0 Å². The van der Waals surface area contributed by atoms with E-state index in [1.807, 2.05) is 6.92 Å². The lowest BCUT2D eigenvalue weighted by atomic mass is 9.76. The molecule has 1 N–H and O–H groups in total. The molecule has 0 aromatic heterocycles. The number of halogens is 5. The average Bonchev–Trinajstić information content (AvgIpc) is 3.81. The maximum Gasteiger partial charge on any atom is 0.167 e. The fourth-order valence-corrected chi connectivity index (χ4v) is 6.20. The van der Waals surface area contributed by atoms with Crippen LogP contribution in [-0.2, 0) is 11.2 Å². The SMILES string of the molecule is CCCCCC(O)c1ccc(C2CCC(CCc3ccc(-c4ccc(C5CO5)c(F)c4F)cc3F)CC2)c(F)c1F. The van der Waals surface area contributed by atoms with E-state index in [1.54, 1.807) is 18.2 Å². The van der Waals surface area contributed by atoms with Crippen molar-refractivity contribution in [3.05, 3.63) is 93.8 Å². The minimum Gasteiger partial charge on any atom is -0.388 e. The molecule has 5 rings (SSSR count). The lowest BCUT2D eigenvalue weighted by Gasteiger charge is -2.29. The number of rotatable bonds is 11. The van der Waals surface area contributed by atoms with E-state index in [0.717, 1.165) is 38.5 Å². The van der Waals surface area contributed by atoms with Gasteiger partial charge in [0.25, 0.3) is 0 Å². The highest BCUT2D eigenvalue weighted by molar-refractivity contribution is 5.65. The maximum absolute atomic E-state index is 15.0. The van der Waals surface area contributed by atoms with Crippen molar-refractivity contribution in [2.45, 2.75) is 89.3 Å². The highest BCUT2D eigenvalue weighted by Crippen LogP contribution is 2.40. The van der Waals surface area contributed by atoms with Gasteiger partial charge in [0, 0.05) is 16.7 Å². The van der Waals surface area contributed by atoms with E-state index in [1.165, 1.54) is 24.3 Å². The van der Waals surface area contributed by atoms with E-state index < -0.39 is 41.3 Å². The minimum absolute atomic E-state index is 0.0124. The molecule has 41 heavy (non-hydrogen) atoms. The van der Waals surface area contributed by atoms with Gasteiger partial charge in [-0.25, -0.2) is 22.0 Å². The number of aliphatic hydroxyl groups excluding tert-OH is 1. The predicted octanol–water partition coefficient (Wildman–Crippen LogP) is 9.64. The molecule has 0 spiro atoms. The Morgan fingerprint density at radius 2 is 1.54 bits per heavy atom. The molecular formula is C34H37F5O2. The predicted molar refractivity (Wildman–Crippen MR) is 149 cm³/mol. The van der Waals surface area contributed by atoms with Crippen molar-refractivity contribution in [3.63, 3.8) is 0 Å². The summed E-state index contributed by atoms with van der Waals surface area (Å²) in [5, 5.41) is 10.3. The molecule has 3 aromatic rings. The van der Waals surface area contributed by atoms with Crippen LogP contribution in [0.15, 0.2) is 42.5 Å². The summed E-state index contributed by atoms with van der Waals surface area (Å²) in [5.41, 5.74) is 1.38. The van der Waals surface area contributed by atoms with Crippen LogP contribution in [0.3, 0.4) is 0 Å². The quantitative estimate of drug-likeness (QED) is 0.141. The topological polar surface area (TPSA) is 32.8 Å². The molecule has 0 bridgehead atoms. The molecule has 2 unspecified atom stereocenters. The zero-order chi connectivity index (χ0) is 29.1. The average molecular weight is 573 g/mol. The van der Waals surface area contributed by atoms with Gasteiger partial charge in [0.1, 0.15) is 11.9 Å². The third-order valence-electron chi connectivity index (χ3n) is 8.85.